The number of allylic oxidation sites excluding steroid dienone is 1. The van der Waals surface area contributed by atoms with E-state index in [9.17, 15) is 91.9 Å². The smallest absolute Gasteiger partial charge is 0.244 e. The molecule has 0 radical (unpaired) electrons. The number of ether oxygens (including phenoxy) is 12. The Labute approximate surface area is 500 Å². The minimum atomic E-state index is -2.00. The molecule has 38 atom stereocenters. The highest BCUT2D eigenvalue weighted by Crippen LogP contribution is 2.71. The highest BCUT2D eigenvalue weighted by Gasteiger charge is 2.74. The highest BCUT2D eigenvalue weighted by molar-refractivity contribution is 5.29. The van der Waals surface area contributed by atoms with Gasteiger partial charge in [-0.05, 0) is 81.6 Å². The fourth-order valence-electron chi connectivity index (χ4n) is 16.8. The number of hydrogen-bond donors (Lipinski definition) is 18. The zero-order valence-corrected chi connectivity index (χ0v) is 48.9. The van der Waals surface area contributed by atoms with Crippen molar-refractivity contribution >= 4 is 0 Å². The van der Waals surface area contributed by atoms with Gasteiger partial charge in [-0.1, -0.05) is 25.5 Å². The van der Waals surface area contributed by atoms with Crippen LogP contribution in [0.25, 0.3) is 0 Å². The van der Waals surface area contributed by atoms with E-state index in [1.807, 2.05) is 6.92 Å². The Bertz CT molecular complexity index is 2430. The second-order valence-corrected chi connectivity index (χ2v) is 26.6. The summed E-state index contributed by atoms with van der Waals surface area (Å²) in [6.45, 7) is 5.84. The summed E-state index contributed by atoms with van der Waals surface area (Å²) in [6, 6.07) is 0. The quantitative estimate of drug-likeness (QED) is 0.0719. The molecule has 7 aliphatic heterocycles. The van der Waals surface area contributed by atoms with Gasteiger partial charge < -0.3 is 149 Å². The predicted octanol–water partition coefficient (Wildman–Crippen LogP) is -6.96. The van der Waals surface area contributed by atoms with Crippen LogP contribution in [0.2, 0.25) is 0 Å². The normalized spacial score (nSPS) is 56.8. The molecular weight excluding hydrogens is 1160 g/mol. The van der Waals surface area contributed by atoms with E-state index in [0.29, 0.717) is 31.3 Å². The van der Waals surface area contributed by atoms with Crippen LogP contribution in [-0.2, 0) is 56.8 Å². The largest absolute Gasteiger partial charge is 0.467 e. The standard InChI is InChI=1S/C57H90O30/c1-18-16-77-57(49(75)46(18)84-51-43(72)38(67)33(62)19(2)78-51)26(17-76-50-42(71)40(69)35(64)28(13-58)80-50)32-27(87-57)12-25-23-7-6-21-10-22(61)11-31(56(21,5)24(23)8-9-55(25,32)4)83-54-48(86-53-45(74)41(70)36(65)29(14-59)81-53)47(37(66)30(15-60)82-54)85-52-44(73)39(68)34(63)20(3)79-52/h6,16,19-20,22-54,58-75H,7-15,17H2,1-5H3/t19-,20-,22-,23-,24+,25+,26+,27+,28-,29-,30-,31-,32+,33+,34+,35+,36+,37-,38+,39+,40+,41+,42-,43-,44-,45-,46+,47+,48-,49+,50-,51+,52+,53+,54+,55+,56+,57+/m1/s1. The molecular formula is C57H90O30. The van der Waals surface area contributed by atoms with Crippen LogP contribution in [0, 0.1) is 40.4 Å². The Balaban J connectivity index is 0.907. The van der Waals surface area contributed by atoms with Crippen molar-refractivity contribution in [3.8, 4) is 0 Å². The van der Waals surface area contributed by atoms with Gasteiger partial charge in [-0.3, -0.25) is 0 Å². The summed E-state index contributed by atoms with van der Waals surface area (Å²) in [5.74, 6) is -3.98. The molecule has 30 nitrogen and oxygen atoms in total. The summed E-state index contributed by atoms with van der Waals surface area (Å²) in [5, 5.41) is 197. The fraction of sp³-hybridized carbons (Fsp3) is 0.930. The van der Waals surface area contributed by atoms with Gasteiger partial charge in [0.05, 0.1) is 69.1 Å². The Hall–Kier alpha value is -1.88. The lowest BCUT2D eigenvalue weighted by molar-refractivity contribution is -0.397. The van der Waals surface area contributed by atoms with Crippen LogP contribution in [0.4, 0.5) is 0 Å². The SMILES string of the molecule is CC1=CO[C@@]2(O[C@H]3C[C@H]4[C@@H]5CC=C6C[C@@H](O)C[C@@H](O[C@@H]7O[C@H](CO)[C@@H](O)[C@H](O[C@@H]8O[C@H](C)[C@H](O)[C@H](O)[C@H]8O)[C@H]7O[C@@H]7O[C@H](CO)[C@H](O)[C@H](O)[C@H]7O)[C@]6(C)[C@H]5CC[C@]4(C)[C@H]3[C@@H]2CO[C@@H]2O[C@H](CO)[C@H](O)[C@H](O)[C@H]2O)[C@@H](O)[C@H]1O[C@@H]1O[C@H](C)[C@H](O)[C@H](O)[C@H]1O. The number of aliphatic hydroxyl groups is 18. The van der Waals surface area contributed by atoms with Crippen molar-refractivity contribution in [3.05, 3.63) is 23.5 Å². The van der Waals surface area contributed by atoms with Crippen molar-refractivity contribution < 1.29 is 149 Å². The van der Waals surface area contributed by atoms with Crippen molar-refractivity contribution in [2.45, 2.75) is 263 Å². The first-order valence-corrected chi connectivity index (χ1v) is 30.4. The van der Waals surface area contributed by atoms with E-state index in [1.165, 1.54) is 20.1 Å². The Morgan fingerprint density at radius 1 is 0.552 bits per heavy atom. The average molecular weight is 1260 g/mol. The summed E-state index contributed by atoms with van der Waals surface area (Å²) < 4.78 is 75.3. The van der Waals surface area contributed by atoms with Gasteiger partial charge in [-0.2, -0.15) is 0 Å². The zero-order valence-electron chi connectivity index (χ0n) is 48.9. The first-order chi connectivity index (χ1) is 41.1. The van der Waals surface area contributed by atoms with Gasteiger partial charge in [0, 0.05) is 17.8 Å². The molecule has 0 aromatic carbocycles. The summed E-state index contributed by atoms with van der Waals surface area (Å²) in [5.41, 5.74) is -0.405. The molecule has 0 aromatic rings. The molecule has 18 N–H and O–H groups in total. The van der Waals surface area contributed by atoms with Gasteiger partial charge in [-0.25, -0.2) is 0 Å². The maximum absolute atomic E-state index is 12.7. The van der Waals surface area contributed by atoms with Crippen LogP contribution in [0.15, 0.2) is 23.5 Å². The topological polar surface area (TPSA) is 475 Å². The third kappa shape index (κ3) is 11.2. The van der Waals surface area contributed by atoms with Gasteiger partial charge in [0.1, 0.15) is 122 Å². The molecule has 0 unspecified atom stereocenters. The van der Waals surface area contributed by atoms with E-state index >= 15 is 0 Å². The van der Waals surface area contributed by atoms with E-state index in [4.69, 9.17) is 56.8 Å². The lowest BCUT2D eigenvalue weighted by Crippen LogP contribution is -2.68. The maximum atomic E-state index is 12.7. The minimum Gasteiger partial charge on any atom is -0.467 e. The molecule has 11 aliphatic rings. The van der Waals surface area contributed by atoms with Crippen LogP contribution in [0.5, 0.6) is 0 Å². The summed E-state index contributed by atoms with van der Waals surface area (Å²) in [6.07, 6.45) is -41.5. The van der Waals surface area contributed by atoms with Gasteiger partial charge in [0.2, 0.25) is 5.79 Å². The summed E-state index contributed by atoms with van der Waals surface area (Å²) >= 11 is 0. The molecule has 87 heavy (non-hydrogen) atoms. The maximum Gasteiger partial charge on any atom is 0.244 e. The monoisotopic (exact) mass is 1250 g/mol. The fourth-order valence-corrected chi connectivity index (χ4v) is 16.8. The van der Waals surface area contributed by atoms with E-state index in [2.05, 4.69) is 13.0 Å². The molecule has 0 bridgehead atoms. The third-order valence-corrected chi connectivity index (χ3v) is 21.8. The molecule has 498 valence electrons. The van der Waals surface area contributed by atoms with Crippen LogP contribution in [-0.4, -0.2) is 308 Å². The van der Waals surface area contributed by atoms with Gasteiger partial charge in [0.25, 0.3) is 0 Å². The number of aliphatic hydroxyl groups excluding tert-OH is 18. The predicted molar refractivity (Wildman–Crippen MR) is 283 cm³/mol. The number of fused-ring (bicyclic) bond motifs is 7. The van der Waals surface area contributed by atoms with Crippen LogP contribution in [0.3, 0.4) is 0 Å². The minimum absolute atomic E-state index is 0.00341. The lowest BCUT2D eigenvalue weighted by Gasteiger charge is -2.61. The first-order valence-electron chi connectivity index (χ1n) is 30.4. The molecule has 11 rings (SSSR count). The molecule has 6 saturated heterocycles. The average Bonchev–Trinajstić information content (AvgIpc) is 1.57. The van der Waals surface area contributed by atoms with E-state index in [-0.39, 0.29) is 37.2 Å². The molecule has 7 heterocycles. The lowest BCUT2D eigenvalue weighted by atomic mass is 9.46. The molecule has 0 amide bonds. The number of rotatable bonds is 14. The molecule has 9 fully saturated rings. The molecule has 30 heteroatoms. The second kappa shape index (κ2) is 25.4. The highest BCUT2D eigenvalue weighted by atomic mass is 16.8. The summed E-state index contributed by atoms with van der Waals surface area (Å²) in [4.78, 5) is 0. The number of hydrogen-bond acceptors (Lipinski definition) is 30. The van der Waals surface area contributed by atoms with Crippen molar-refractivity contribution in [1.29, 1.82) is 0 Å². The molecule has 0 aromatic heterocycles. The Morgan fingerprint density at radius 2 is 1.07 bits per heavy atom. The van der Waals surface area contributed by atoms with E-state index in [1.54, 1.807) is 6.92 Å². The van der Waals surface area contributed by atoms with Crippen LogP contribution < -0.4 is 0 Å². The van der Waals surface area contributed by atoms with Crippen LogP contribution >= 0.6 is 0 Å². The van der Waals surface area contributed by atoms with Gasteiger partial charge in [0.15, 0.2) is 31.5 Å². The zero-order chi connectivity index (χ0) is 62.8. The van der Waals surface area contributed by atoms with E-state index in [0.717, 1.165) is 5.57 Å². The van der Waals surface area contributed by atoms with Gasteiger partial charge >= 0.3 is 0 Å². The third-order valence-electron chi connectivity index (χ3n) is 21.8. The first kappa shape index (κ1) is 66.6. The van der Waals surface area contributed by atoms with Gasteiger partial charge in [-0.15, -0.1) is 0 Å². The van der Waals surface area contributed by atoms with E-state index < -0.39 is 232 Å². The molecule has 3 saturated carbocycles. The Morgan fingerprint density at radius 3 is 1.67 bits per heavy atom. The van der Waals surface area contributed by atoms with Crippen molar-refractivity contribution in [2.75, 3.05) is 26.4 Å². The second-order valence-electron chi connectivity index (χ2n) is 26.6. The van der Waals surface area contributed by atoms with Crippen molar-refractivity contribution in [1.82, 2.24) is 0 Å². The van der Waals surface area contributed by atoms with Crippen molar-refractivity contribution in [3.63, 3.8) is 0 Å². The molecule has 4 aliphatic carbocycles. The van der Waals surface area contributed by atoms with Crippen LogP contribution in [0.1, 0.15) is 73.1 Å². The summed E-state index contributed by atoms with van der Waals surface area (Å²) in [7, 11) is 0. The van der Waals surface area contributed by atoms with Crippen molar-refractivity contribution in [2.24, 2.45) is 40.4 Å². The molecule has 1 spiro atoms. The Kier molecular flexibility index (Phi) is 19.5.